The highest BCUT2D eigenvalue weighted by molar-refractivity contribution is 5.62. The van der Waals surface area contributed by atoms with Crippen molar-refractivity contribution < 1.29 is 0 Å². The van der Waals surface area contributed by atoms with E-state index in [1.54, 1.807) is 0 Å². The van der Waals surface area contributed by atoms with Gasteiger partial charge < -0.3 is 4.40 Å². The number of nitrogens with zero attached hydrogens (tertiary/aromatic N) is 2. The van der Waals surface area contributed by atoms with Crippen molar-refractivity contribution in [1.29, 1.82) is 0 Å². The highest BCUT2D eigenvalue weighted by Gasteiger charge is 2.28. The molecule has 2 rings (SSSR count). The molecule has 0 saturated heterocycles. The van der Waals surface area contributed by atoms with Gasteiger partial charge in [0.25, 0.3) is 0 Å². The molecule has 0 amide bonds. The summed E-state index contributed by atoms with van der Waals surface area (Å²) in [7, 11) is 0. The minimum Gasteiger partial charge on any atom is -0.320 e. The normalized spacial score (nSPS) is 13.3. The van der Waals surface area contributed by atoms with Gasteiger partial charge in [0, 0.05) is 18.6 Å². The van der Waals surface area contributed by atoms with Crippen molar-refractivity contribution in [3.8, 4) is 0 Å². The van der Waals surface area contributed by atoms with Crippen molar-refractivity contribution in [2.75, 3.05) is 0 Å². The Balaban J connectivity index is 2.84. The molecule has 0 saturated carbocycles. The van der Waals surface area contributed by atoms with Gasteiger partial charge >= 0.3 is 0 Å². The van der Waals surface area contributed by atoms with E-state index >= 15 is 0 Å². The van der Waals surface area contributed by atoms with Crippen LogP contribution < -0.4 is 0 Å². The molecule has 92 valence electrons. The lowest BCUT2D eigenvalue weighted by Crippen LogP contribution is -2.20. The van der Waals surface area contributed by atoms with Crippen LogP contribution >= 0.6 is 0 Å². The van der Waals surface area contributed by atoms with E-state index in [0.29, 0.717) is 0 Å². The minimum atomic E-state index is 0.139. The van der Waals surface area contributed by atoms with E-state index in [4.69, 9.17) is 0 Å². The predicted molar refractivity (Wildman–Crippen MR) is 72.6 cm³/mol. The Morgan fingerprint density at radius 2 is 1.65 bits per heavy atom. The molecule has 0 radical (unpaired) electrons. The fraction of sp³-hybridized carbons (Fsp3) is 0.533. The molecule has 2 heterocycles. The lowest BCUT2D eigenvalue weighted by Gasteiger charge is -2.26. The number of hydrogen-bond acceptors (Lipinski definition) is 1. The van der Waals surface area contributed by atoms with E-state index in [0.717, 1.165) is 0 Å². The number of aromatic nitrogens is 2. The van der Waals surface area contributed by atoms with Crippen molar-refractivity contribution in [2.24, 2.45) is 0 Å². The molecule has 0 bridgehead atoms. The van der Waals surface area contributed by atoms with Crippen LogP contribution in [0.15, 0.2) is 24.8 Å². The maximum Gasteiger partial charge on any atom is 0.0675 e. The van der Waals surface area contributed by atoms with Gasteiger partial charge in [-0.15, -0.1) is 0 Å². The molecular formula is C15H22N2. The molecule has 17 heavy (non-hydrogen) atoms. The standard InChI is InChI=1S/C15H22N2/c1-14(2,3)11-10-17-8-7-16-9-12(17)13(11)15(4,5)6/h7-10H,1-6H3. The fourth-order valence-corrected chi connectivity index (χ4v) is 2.38. The van der Waals surface area contributed by atoms with Gasteiger partial charge in [0.2, 0.25) is 0 Å². The average molecular weight is 230 g/mol. The van der Waals surface area contributed by atoms with Crippen LogP contribution in [0.4, 0.5) is 0 Å². The maximum absolute atomic E-state index is 4.26. The monoisotopic (exact) mass is 230 g/mol. The summed E-state index contributed by atoms with van der Waals surface area (Å²) >= 11 is 0. The van der Waals surface area contributed by atoms with Gasteiger partial charge in [0.05, 0.1) is 11.7 Å². The van der Waals surface area contributed by atoms with Crippen LogP contribution in [0.5, 0.6) is 0 Å². The van der Waals surface area contributed by atoms with E-state index in [9.17, 15) is 0 Å². The molecular weight excluding hydrogens is 208 g/mol. The van der Waals surface area contributed by atoms with E-state index in [2.05, 4.69) is 57.1 Å². The van der Waals surface area contributed by atoms with Crippen LogP contribution in [0.2, 0.25) is 0 Å². The zero-order valence-electron chi connectivity index (χ0n) is 11.7. The van der Waals surface area contributed by atoms with E-state index in [-0.39, 0.29) is 10.8 Å². The maximum atomic E-state index is 4.26. The van der Waals surface area contributed by atoms with Gasteiger partial charge in [0.15, 0.2) is 0 Å². The molecule has 2 heteroatoms. The third-order valence-electron chi connectivity index (χ3n) is 3.14. The topological polar surface area (TPSA) is 17.3 Å². The fourth-order valence-electron chi connectivity index (χ4n) is 2.38. The first-order valence-corrected chi connectivity index (χ1v) is 6.17. The quantitative estimate of drug-likeness (QED) is 0.670. The minimum absolute atomic E-state index is 0.139. The smallest absolute Gasteiger partial charge is 0.0675 e. The second-order valence-electron chi connectivity index (χ2n) is 6.79. The number of hydrogen-bond donors (Lipinski definition) is 0. The van der Waals surface area contributed by atoms with Crippen molar-refractivity contribution in [1.82, 2.24) is 9.38 Å². The summed E-state index contributed by atoms with van der Waals surface area (Å²) in [6.45, 7) is 13.6. The Bertz CT molecular complexity index is 536. The third kappa shape index (κ3) is 2.08. The van der Waals surface area contributed by atoms with Crippen LogP contribution in [-0.4, -0.2) is 9.38 Å². The van der Waals surface area contributed by atoms with Crippen LogP contribution in [-0.2, 0) is 10.8 Å². The van der Waals surface area contributed by atoms with Gasteiger partial charge in [-0.2, -0.15) is 0 Å². The molecule has 0 unspecified atom stereocenters. The van der Waals surface area contributed by atoms with Crippen LogP contribution in [0, 0.1) is 0 Å². The summed E-state index contributed by atoms with van der Waals surface area (Å²) in [6.07, 6.45) is 8.08. The molecule has 2 nitrogen and oxygen atoms in total. The Kier molecular flexibility index (Phi) is 2.57. The molecule has 0 aliphatic carbocycles. The van der Waals surface area contributed by atoms with Gasteiger partial charge in [0.1, 0.15) is 0 Å². The Labute approximate surface area is 104 Å². The van der Waals surface area contributed by atoms with E-state index < -0.39 is 0 Å². The van der Waals surface area contributed by atoms with Crippen LogP contribution in [0.1, 0.15) is 52.7 Å². The SMILES string of the molecule is CC(C)(C)c1cn2ccncc2c1C(C)(C)C. The van der Waals surface area contributed by atoms with Crippen molar-refractivity contribution in [3.05, 3.63) is 35.9 Å². The highest BCUT2D eigenvalue weighted by atomic mass is 14.9. The summed E-state index contributed by atoms with van der Waals surface area (Å²) in [5, 5.41) is 0. The van der Waals surface area contributed by atoms with Crippen molar-refractivity contribution in [2.45, 2.75) is 52.4 Å². The van der Waals surface area contributed by atoms with E-state index in [1.807, 2.05) is 18.6 Å². The molecule has 0 atom stereocenters. The summed E-state index contributed by atoms with van der Waals surface area (Å²) < 4.78 is 2.19. The second kappa shape index (κ2) is 3.59. The van der Waals surface area contributed by atoms with Gasteiger partial charge in [-0.3, -0.25) is 4.98 Å². The lowest BCUT2D eigenvalue weighted by atomic mass is 9.77. The molecule has 0 aliphatic rings. The Morgan fingerprint density at radius 3 is 2.18 bits per heavy atom. The molecule has 0 spiro atoms. The Morgan fingerprint density at radius 1 is 1.00 bits per heavy atom. The summed E-state index contributed by atoms with van der Waals surface area (Å²) in [5.74, 6) is 0. The summed E-state index contributed by atoms with van der Waals surface area (Å²) in [6, 6.07) is 0. The predicted octanol–water partition coefficient (Wildman–Crippen LogP) is 3.93. The zero-order chi connectivity index (χ0) is 12.8. The zero-order valence-corrected chi connectivity index (χ0v) is 11.7. The molecule has 0 aliphatic heterocycles. The van der Waals surface area contributed by atoms with Crippen LogP contribution in [0.25, 0.3) is 5.52 Å². The third-order valence-corrected chi connectivity index (χ3v) is 3.14. The van der Waals surface area contributed by atoms with Crippen molar-refractivity contribution >= 4 is 5.52 Å². The summed E-state index contributed by atoms with van der Waals surface area (Å²) in [5.41, 5.74) is 4.36. The number of fused-ring (bicyclic) bond motifs is 1. The van der Waals surface area contributed by atoms with Gasteiger partial charge in [-0.25, -0.2) is 0 Å². The Hall–Kier alpha value is -1.31. The van der Waals surface area contributed by atoms with Gasteiger partial charge in [-0.05, 0) is 22.0 Å². The first kappa shape index (κ1) is 12.2. The van der Waals surface area contributed by atoms with Gasteiger partial charge in [-0.1, -0.05) is 41.5 Å². The molecule has 0 fully saturated rings. The largest absolute Gasteiger partial charge is 0.320 e. The average Bonchev–Trinajstić information content (AvgIpc) is 2.54. The van der Waals surface area contributed by atoms with Crippen molar-refractivity contribution in [3.63, 3.8) is 0 Å². The second-order valence-corrected chi connectivity index (χ2v) is 6.79. The lowest BCUT2D eigenvalue weighted by molar-refractivity contribution is 0.537. The summed E-state index contributed by atoms with van der Waals surface area (Å²) in [4.78, 5) is 4.26. The molecule has 0 aromatic carbocycles. The van der Waals surface area contributed by atoms with Crippen LogP contribution in [0.3, 0.4) is 0 Å². The highest BCUT2D eigenvalue weighted by Crippen LogP contribution is 2.37. The molecule has 2 aromatic rings. The number of rotatable bonds is 0. The van der Waals surface area contributed by atoms with E-state index in [1.165, 1.54) is 16.6 Å². The molecule has 2 aromatic heterocycles. The first-order chi connectivity index (χ1) is 7.71. The molecule has 0 N–H and O–H groups in total. The first-order valence-electron chi connectivity index (χ1n) is 6.17.